The van der Waals surface area contributed by atoms with Crippen LogP contribution < -0.4 is 5.32 Å². The molecule has 1 aliphatic carbocycles. The fourth-order valence-electron chi connectivity index (χ4n) is 4.67. The average molecular weight is 403 g/mol. The van der Waals surface area contributed by atoms with E-state index in [1.165, 1.54) is 12.1 Å². The van der Waals surface area contributed by atoms with Gasteiger partial charge < -0.3 is 15.0 Å². The van der Waals surface area contributed by atoms with Gasteiger partial charge in [0.2, 0.25) is 11.8 Å². The number of hydrogen-bond donors (Lipinski definition) is 1. The molecule has 2 saturated heterocycles. The highest BCUT2D eigenvalue weighted by Gasteiger charge is 2.45. The molecule has 1 aromatic rings. The van der Waals surface area contributed by atoms with Crippen molar-refractivity contribution >= 4 is 11.8 Å². The Labute approximate surface area is 171 Å². The number of amides is 2. The summed E-state index contributed by atoms with van der Waals surface area (Å²) >= 11 is 0. The van der Waals surface area contributed by atoms with Crippen LogP contribution in [0.25, 0.3) is 0 Å². The Kier molecular flexibility index (Phi) is 5.88. The lowest BCUT2D eigenvalue weighted by Gasteiger charge is -2.39. The van der Waals surface area contributed by atoms with Crippen molar-refractivity contribution in [3.63, 3.8) is 0 Å². The van der Waals surface area contributed by atoms with Crippen LogP contribution in [0.15, 0.2) is 24.3 Å². The van der Waals surface area contributed by atoms with Crippen molar-refractivity contribution in [2.45, 2.75) is 31.7 Å². The van der Waals surface area contributed by atoms with Crippen molar-refractivity contribution in [1.29, 1.82) is 0 Å². The standard InChI is InChI=1S/C22H30FN3O3/c1-25-19(27)6-5-18(20(25)16-3-2-4-17(23)13-16)21(28)24-14-22(7-8-22)15-26-9-11-29-12-10-26/h2-4,13,18,20H,5-12,14-15H2,1H3,(H,24,28). The number of halogens is 1. The van der Waals surface area contributed by atoms with Crippen LogP contribution >= 0.6 is 0 Å². The lowest BCUT2D eigenvalue weighted by molar-refractivity contribution is -0.141. The maximum absolute atomic E-state index is 13.8. The molecule has 3 aliphatic rings. The Hall–Kier alpha value is -1.99. The van der Waals surface area contributed by atoms with Gasteiger partial charge in [0.15, 0.2) is 0 Å². The van der Waals surface area contributed by atoms with Crippen molar-refractivity contribution in [2.24, 2.45) is 11.3 Å². The van der Waals surface area contributed by atoms with Crippen LogP contribution in [-0.2, 0) is 14.3 Å². The molecule has 2 heterocycles. The number of nitrogens with zero attached hydrogens (tertiary/aromatic N) is 2. The molecule has 2 amide bonds. The smallest absolute Gasteiger partial charge is 0.225 e. The van der Waals surface area contributed by atoms with Gasteiger partial charge in [0.05, 0.1) is 25.2 Å². The molecule has 6 nitrogen and oxygen atoms in total. The van der Waals surface area contributed by atoms with Crippen LogP contribution in [0, 0.1) is 17.2 Å². The zero-order valence-electron chi connectivity index (χ0n) is 17.0. The van der Waals surface area contributed by atoms with Gasteiger partial charge in [-0.1, -0.05) is 12.1 Å². The second-order valence-electron chi connectivity index (χ2n) is 8.76. The minimum atomic E-state index is -0.429. The van der Waals surface area contributed by atoms with E-state index >= 15 is 0 Å². The lowest BCUT2D eigenvalue weighted by atomic mass is 9.83. The highest BCUT2D eigenvalue weighted by Crippen LogP contribution is 2.46. The molecule has 0 bridgehead atoms. The molecule has 1 N–H and O–H groups in total. The van der Waals surface area contributed by atoms with Crippen LogP contribution in [-0.4, -0.2) is 68.1 Å². The first kappa shape index (κ1) is 20.3. The average Bonchev–Trinajstić information content (AvgIpc) is 3.48. The van der Waals surface area contributed by atoms with Gasteiger partial charge in [0, 0.05) is 45.1 Å². The van der Waals surface area contributed by atoms with E-state index < -0.39 is 6.04 Å². The monoisotopic (exact) mass is 403 g/mol. The predicted octanol–water partition coefficient (Wildman–Crippen LogP) is 1.96. The van der Waals surface area contributed by atoms with Crippen LogP contribution in [0.4, 0.5) is 4.39 Å². The van der Waals surface area contributed by atoms with E-state index in [9.17, 15) is 14.0 Å². The third kappa shape index (κ3) is 4.61. The van der Waals surface area contributed by atoms with E-state index in [4.69, 9.17) is 4.74 Å². The fourth-order valence-corrected chi connectivity index (χ4v) is 4.67. The Morgan fingerprint density at radius 3 is 2.76 bits per heavy atom. The van der Waals surface area contributed by atoms with Crippen molar-refractivity contribution in [1.82, 2.24) is 15.1 Å². The maximum atomic E-state index is 13.8. The summed E-state index contributed by atoms with van der Waals surface area (Å²) in [6, 6.07) is 5.81. The van der Waals surface area contributed by atoms with Gasteiger partial charge in [-0.25, -0.2) is 4.39 Å². The molecule has 7 heteroatoms. The molecule has 0 radical (unpaired) electrons. The number of hydrogen-bond acceptors (Lipinski definition) is 4. The van der Waals surface area contributed by atoms with E-state index in [1.54, 1.807) is 24.1 Å². The number of piperidine rings is 1. The summed E-state index contributed by atoms with van der Waals surface area (Å²) in [7, 11) is 1.71. The Morgan fingerprint density at radius 2 is 2.07 bits per heavy atom. The van der Waals surface area contributed by atoms with Crippen molar-refractivity contribution in [3.05, 3.63) is 35.6 Å². The van der Waals surface area contributed by atoms with Crippen LogP contribution in [0.3, 0.4) is 0 Å². The second-order valence-corrected chi connectivity index (χ2v) is 8.76. The third-order valence-electron chi connectivity index (χ3n) is 6.65. The van der Waals surface area contributed by atoms with E-state index in [-0.39, 0.29) is 29.0 Å². The van der Waals surface area contributed by atoms with Gasteiger partial charge in [-0.05, 0) is 37.0 Å². The quantitative estimate of drug-likeness (QED) is 0.789. The minimum absolute atomic E-state index is 0.00529. The second kappa shape index (κ2) is 8.40. The van der Waals surface area contributed by atoms with Crippen LogP contribution in [0.1, 0.15) is 37.3 Å². The Morgan fingerprint density at radius 1 is 1.31 bits per heavy atom. The molecule has 3 fully saturated rings. The lowest BCUT2D eigenvalue weighted by Crippen LogP contribution is -2.48. The minimum Gasteiger partial charge on any atom is -0.379 e. The number of ether oxygens (including phenoxy) is 1. The van der Waals surface area contributed by atoms with Gasteiger partial charge >= 0.3 is 0 Å². The SMILES string of the molecule is CN1C(=O)CCC(C(=O)NCC2(CN3CCOCC3)CC2)C1c1cccc(F)c1. The summed E-state index contributed by atoms with van der Waals surface area (Å²) in [4.78, 5) is 29.4. The molecular formula is C22H30FN3O3. The van der Waals surface area contributed by atoms with Gasteiger partial charge in [-0.2, -0.15) is 0 Å². The van der Waals surface area contributed by atoms with Crippen LogP contribution in [0.5, 0.6) is 0 Å². The molecule has 29 heavy (non-hydrogen) atoms. The summed E-state index contributed by atoms with van der Waals surface area (Å²) in [5.41, 5.74) is 0.840. The predicted molar refractivity (Wildman–Crippen MR) is 107 cm³/mol. The molecule has 1 aromatic carbocycles. The largest absolute Gasteiger partial charge is 0.379 e. The number of benzene rings is 1. The van der Waals surface area contributed by atoms with Crippen molar-refractivity contribution in [2.75, 3.05) is 46.4 Å². The highest BCUT2D eigenvalue weighted by molar-refractivity contribution is 5.85. The van der Waals surface area contributed by atoms with Gasteiger partial charge in [-0.15, -0.1) is 0 Å². The topological polar surface area (TPSA) is 61.9 Å². The summed E-state index contributed by atoms with van der Waals surface area (Å²) in [6.45, 7) is 5.11. The molecule has 2 unspecified atom stereocenters. The number of morpholine rings is 1. The number of carbonyl (C=O) groups is 2. The van der Waals surface area contributed by atoms with Gasteiger partial charge in [-0.3, -0.25) is 14.5 Å². The first-order valence-corrected chi connectivity index (χ1v) is 10.6. The molecule has 158 valence electrons. The van der Waals surface area contributed by atoms with Gasteiger partial charge in [0.1, 0.15) is 5.82 Å². The number of rotatable bonds is 6. The van der Waals surface area contributed by atoms with Crippen molar-refractivity contribution < 1.29 is 18.7 Å². The zero-order valence-corrected chi connectivity index (χ0v) is 17.0. The van der Waals surface area contributed by atoms with E-state index in [0.717, 1.165) is 45.7 Å². The van der Waals surface area contributed by atoms with E-state index in [0.29, 0.717) is 24.9 Å². The zero-order chi connectivity index (χ0) is 20.4. The molecule has 2 aliphatic heterocycles. The van der Waals surface area contributed by atoms with Crippen LogP contribution in [0.2, 0.25) is 0 Å². The highest BCUT2D eigenvalue weighted by atomic mass is 19.1. The summed E-state index contributed by atoms with van der Waals surface area (Å²) in [6.07, 6.45) is 3.09. The first-order valence-electron chi connectivity index (χ1n) is 10.6. The number of nitrogens with one attached hydrogen (secondary N) is 1. The third-order valence-corrected chi connectivity index (χ3v) is 6.65. The van der Waals surface area contributed by atoms with E-state index in [2.05, 4.69) is 10.2 Å². The maximum Gasteiger partial charge on any atom is 0.225 e. The molecule has 4 rings (SSSR count). The normalized spacial score (nSPS) is 27.0. The van der Waals surface area contributed by atoms with E-state index in [1.807, 2.05) is 0 Å². The number of likely N-dealkylation sites (tertiary alicyclic amines) is 1. The fraction of sp³-hybridized carbons (Fsp3) is 0.636. The molecule has 2 atom stereocenters. The van der Waals surface area contributed by atoms with Crippen molar-refractivity contribution in [3.8, 4) is 0 Å². The molecule has 0 aromatic heterocycles. The summed E-state index contributed by atoms with van der Waals surface area (Å²) in [5.74, 6) is -0.754. The Bertz CT molecular complexity index is 761. The molecule has 0 spiro atoms. The van der Waals surface area contributed by atoms with Gasteiger partial charge in [0.25, 0.3) is 0 Å². The molecule has 1 saturated carbocycles. The summed E-state index contributed by atoms with van der Waals surface area (Å²) in [5, 5.41) is 3.17. The number of carbonyl (C=O) groups excluding carboxylic acids is 2. The Balaban J connectivity index is 1.41. The summed E-state index contributed by atoms with van der Waals surface area (Å²) < 4.78 is 19.2. The molecular weight excluding hydrogens is 373 g/mol. The first-order chi connectivity index (χ1) is 14.0.